The van der Waals surface area contributed by atoms with Gasteiger partial charge in [0, 0.05) is 11.8 Å². The van der Waals surface area contributed by atoms with Gasteiger partial charge in [0.1, 0.15) is 0 Å². The number of rotatable bonds is 5. The minimum Gasteiger partial charge on any atom is -0.462 e. The van der Waals surface area contributed by atoms with Gasteiger partial charge < -0.3 is 4.74 Å². The third-order valence-electron chi connectivity index (χ3n) is 2.53. The number of ether oxygens (including phenoxy) is 1. The Morgan fingerprint density at radius 2 is 2.11 bits per heavy atom. The molecule has 0 aliphatic carbocycles. The summed E-state index contributed by atoms with van der Waals surface area (Å²) in [6, 6.07) is 7.08. The van der Waals surface area contributed by atoms with Crippen LogP contribution < -0.4 is 0 Å². The second-order valence-electron chi connectivity index (χ2n) is 3.86. The smallest absolute Gasteiger partial charge is 0.338 e. The molecule has 0 atom stereocenters. The highest BCUT2D eigenvalue weighted by atomic mass is 79.9. The van der Waals surface area contributed by atoms with Gasteiger partial charge in [0.2, 0.25) is 0 Å². The fourth-order valence-corrected chi connectivity index (χ4v) is 2.01. The Balaban J connectivity index is 2.15. The van der Waals surface area contributed by atoms with Crippen LogP contribution in [0.3, 0.4) is 0 Å². The van der Waals surface area contributed by atoms with Crippen molar-refractivity contribution >= 4 is 21.9 Å². The zero-order valence-corrected chi connectivity index (χ0v) is 12.1. The molecule has 0 amide bonds. The van der Waals surface area contributed by atoms with E-state index in [2.05, 4.69) is 26.2 Å². The van der Waals surface area contributed by atoms with E-state index >= 15 is 0 Å². The molecule has 0 saturated heterocycles. The Labute approximate surface area is 119 Å². The van der Waals surface area contributed by atoms with Gasteiger partial charge in [-0.2, -0.15) is 0 Å². The van der Waals surface area contributed by atoms with Crippen LogP contribution in [0.25, 0.3) is 5.69 Å². The maximum Gasteiger partial charge on any atom is 0.338 e. The van der Waals surface area contributed by atoms with Gasteiger partial charge in [0.05, 0.1) is 29.7 Å². The van der Waals surface area contributed by atoms with Crippen molar-refractivity contribution in [1.82, 2.24) is 15.0 Å². The molecular weight excluding hydrogens is 310 g/mol. The van der Waals surface area contributed by atoms with Gasteiger partial charge in [-0.15, -0.1) is 5.10 Å². The number of hydrogen-bond acceptors (Lipinski definition) is 4. The van der Waals surface area contributed by atoms with Crippen molar-refractivity contribution in [3.8, 4) is 5.69 Å². The Kier molecular flexibility index (Phi) is 4.68. The van der Waals surface area contributed by atoms with Crippen LogP contribution in [0, 0.1) is 0 Å². The summed E-state index contributed by atoms with van der Waals surface area (Å²) in [4.78, 5) is 11.5. The van der Waals surface area contributed by atoms with Gasteiger partial charge in [0.15, 0.2) is 0 Å². The van der Waals surface area contributed by atoms with E-state index in [0.717, 1.165) is 23.1 Å². The van der Waals surface area contributed by atoms with E-state index < -0.39 is 0 Å². The van der Waals surface area contributed by atoms with Crippen LogP contribution in [-0.2, 0) is 11.2 Å². The summed E-state index contributed by atoms with van der Waals surface area (Å²) in [5, 5.41) is 8.96. The van der Waals surface area contributed by atoms with Crippen molar-refractivity contribution in [2.45, 2.75) is 13.3 Å². The van der Waals surface area contributed by atoms with Gasteiger partial charge in [0.25, 0.3) is 0 Å². The first kappa shape index (κ1) is 13.7. The standard InChI is InChI=1S/C13H14BrN3O2/c1-2-19-13(18)10-3-5-12(6-4-10)17-9-11(7-8-14)15-16-17/h3-6,9H,2,7-8H2,1H3. The van der Waals surface area contributed by atoms with Gasteiger partial charge in [-0.1, -0.05) is 21.1 Å². The number of carbonyl (C=O) groups excluding carboxylic acids is 1. The van der Waals surface area contributed by atoms with Crippen LogP contribution >= 0.6 is 15.9 Å². The SMILES string of the molecule is CCOC(=O)c1ccc(-n2cc(CCBr)nn2)cc1. The molecule has 2 rings (SSSR count). The number of aromatic nitrogens is 3. The Bertz CT molecular complexity index is 551. The topological polar surface area (TPSA) is 57.0 Å². The molecule has 2 aromatic rings. The molecule has 1 aromatic carbocycles. The number of benzene rings is 1. The van der Waals surface area contributed by atoms with Crippen molar-refractivity contribution in [1.29, 1.82) is 0 Å². The first-order valence-electron chi connectivity index (χ1n) is 5.99. The average Bonchev–Trinajstić information content (AvgIpc) is 2.88. The number of carbonyl (C=O) groups is 1. The predicted molar refractivity (Wildman–Crippen MR) is 74.8 cm³/mol. The normalized spacial score (nSPS) is 10.4. The summed E-state index contributed by atoms with van der Waals surface area (Å²) in [7, 11) is 0. The molecule has 0 N–H and O–H groups in total. The lowest BCUT2D eigenvalue weighted by Crippen LogP contribution is -2.04. The van der Waals surface area contributed by atoms with E-state index in [1.807, 2.05) is 18.3 Å². The fraction of sp³-hybridized carbons (Fsp3) is 0.308. The van der Waals surface area contributed by atoms with Crippen LogP contribution in [0.4, 0.5) is 0 Å². The molecule has 1 heterocycles. The molecule has 1 aromatic heterocycles. The number of alkyl halides is 1. The molecule has 0 radical (unpaired) electrons. The van der Waals surface area contributed by atoms with Crippen molar-refractivity contribution in [2.75, 3.05) is 11.9 Å². The number of aryl methyl sites for hydroxylation is 1. The molecule has 0 bridgehead atoms. The molecule has 6 heteroatoms. The number of hydrogen-bond donors (Lipinski definition) is 0. The summed E-state index contributed by atoms with van der Waals surface area (Å²) in [5.74, 6) is -0.312. The molecular formula is C13H14BrN3O2. The van der Waals surface area contributed by atoms with Crippen LogP contribution in [0.2, 0.25) is 0 Å². The van der Waals surface area contributed by atoms with Crippen molar-refractivity contribution in [2.24, 2.45) is 0 Å². The Hall–Kier alpha value is -1.69. The first-order chi connectivity index (χ1) is 9.24. The van der Waals surface area contributed by atoms with E-state index in [0.29, 0.717) is 12.2 Å². The lowest BCUT2D eigenvalue weighted by molar-refractivity contribution is 0.0526. The van der Waals surface area contributed by atoms with Gasteiger partial charge in [-0.25, -0.2) is 9.48 Å². The predicted octanol–water partition coefficient (Wildman–Crippen LogP) is 2.38. The zero-order valence-electron chi connectivity index (χ0n) is 10.5. The number of halogens is 1. The van der Waals surface area contributed by atoms with E-state index in [1.165, 1.54) is 0 Å². The van der Waals surface area contributed by atoms with Gasteiger partial charge in [-0.05, 0) is 31.2 Å². The molecule has 5 nitrogen and oxygen atoms in total. The van der Waals surface area contributed by atoms with E-state index in [4.69, 9.17) is 4.74 Å². The molecule has 0 saturated carbocycles. The minimum atomic E-state index is -0.312. The third-order valence-corrected chi connectivity index (χ3v) is 2.93. The third kappa shape index (κ3) is 3.41. The van der Waals surface area contributed by atoms with E-state index in [9.17, 15) is 4.79 Å². The maximum absolute atomic E-state index is 11.5. The molecule has 100 valence electrons. The van der Waals surface area contributed by atoms with E-state index in [-0.39, 0.29) is 5.97 Å². The summed E-state index contributed by atoms with van der Waals surface area (Å²) < 4.78 is 6.62. The van der Waals surface area contributed by atoms with Crippen molar-refractivity contribution < 1.29 is 9.53 Å². The molecule has 19 heavy (non-hydrogen) atoms. The van der Waals surface area contributed by atoms with Crippen molar-refractivity contribution in [3.63, 3.8) is 0 Å². The monoisotopic (exact) mass is 323 g/mol. The Morgan fingerprint density at radius 3 is 2.74 bits per heavy atom. The van der Waals surface area contributed by atoms with Crippen LogP contribution in [0.15, 0.2) is 30.5 Å². The summed E-state index contributed by atoms with van der Waals surface area (Å²) in [6.07, 6.45) is 2.71. The minimum absolute atomic E-state index is 0.312. The van der Waals surface area contributed by atoms with Gasteiger partial charge in [-0.3, -0.25) is 0 Å². The maximum atomic E-state index is 11.5. The molecule has 0 aliphatic heterocycles. The van der Waals surface area contributed by atoms with Crippen LogP contribution in [-0.4, -0.2) is 32.9 Å². The lowest BCUT2D eigenvalue weighted by atomic mass is 10.2. The number of nitrogens with zero attached hydrogens (tertiary/aromatic N) is 3. The summed E-state index contributed by atoms with van der Waals surface area (Å²) in [6.45, 7) is 2.16. The van der Waals surface area contributed by atoms with Crippen LogP contribution in [0.5, 0.6) is 0 Å². The molecule has 0 unspecified atom stereocenters. The second kappa shape index (κ2) is 6.47. The summed E-state index contributed by atoms with van der Waals surface area (Å²) in [5.41, 5.74) is 2.32. The molecule has 0 aliphatic rings. The quantitative estimate of drug-likeness (QED) is 0.626. The zero-order chi connectivity index (χ0) is 13.7. The molecule has 0 spiro atoms. The second-order valence-corrected chi connectivity index (χ2v) is 4.65. The highest BCUT2D eigenvalue weighted by molar-refractivity contribution is 9.09. The lowest BCUT2D eigenvalue weighted by Gasteiger charge is -2.03. The largest absolute Gasteiger partial charge is 0.462 e. The van der Waals surface area contributed by atoms with Crippen molar-refractivity contribution in [3.05, 3.63) is 41.7 Å². The first-order valence-corrected chi connectivity index (χ1v) is 7.11. The highest BCUT2D eigenvalue weighted by Crippen LogP contribution is 2.10. The summed E-state index contributed by atoms with van der Waals surface area (Å²) >= 11 is 3.36. The molecule has 0 fully saturated rings. The number of esters is 1. The Morgan fingerprint density at radius 1 is 1.37 bits per heavy atom. The van der Waals surface area contributed by atoms with Gasteiger partial charge >= 0.3 is 5.97 Å². The van der Waals surface area contributed by atoms with E-state index in [1.54, 1.807) is 23.7 Å². The van der Waals surface area contributed by atoms with Crippen LogP contribution in [0.1, 0.15) is 23.0 Å². The fourth-order valence-electron chi connectivity index (χ4n) is 1.60. The highest BCUT2D eigenvalue weighted by Gasteiger charge is 2.07. The average molecular weight is 324 g/mol.